The monoisotopic (exact) mass is 556 g/mol. The molecule has 42 heavy (non-hydrogen) atoms. The van der Waals surface area contributed by atoms with Gasteiger partial charge in [0, 0.05) is 61.4 Å². The van der Waals surface area contributed by atoms with E-state index in [1.807, 2.05) is 101 Å². The van der Waals surface area contributed by atoms with Crippen LogP contribution in [0.4, 0.5) is 11.4 Å². The fraction of sp³-hybridized carbons (Fsp3) is 0.182. The SMILES string of the molecule is Cc1cc(NC(=O)c2ccc(C)c(C#CC3=CN(C)C4C(Nc5cnn(C)c5)=CC=CN34)c2)cc(-n2cnc(C)c2)c1. The van der Waals surface area contributed by atoms with Crippen molar-refractivity contribution in [3.8, 4) is 17.5 Å². The molecule has 1 atom stereocenters. The number of aromatic nitrogens is 4. The summed E-state index contributed by atoms with van der Waals surface area (Å²) >= 11 is 0. The lowest BCUT2D eigenvalue weighted by molar-refractivity contribution is 0.102. The van der Waals surface area contributed by atoms with Gasteiger partial charge in [-0.25, -0.2) is 4.98 Å². The average molecular weight is 557 g/mol. The number of nitrogens with zero attached hydrogens (tertiary/aromatic N) is 6. The number of fused-ring (bicyclic) bond motifs is 1. The molecular formula is C33H32N8O. The fourth-order valence-electron chi connectivity index (χ4n) is 5.15. The maximum absolute atomic E-state index is 13.3. The van der Waals surface area contributed by atoms with Crippen LogP contribution in [0.25, 0.3) is 5.69 Å². The molecule has 0 saturated heterocycles. The Hall–Kier alpha value is -5.49. The van der Waals surface area contributed by atoms with Gasteiger partial charge >= 0.3 is 0 Å². The van der Waals surface area contributed by atoms with E-state index in [-0.39, 0.29) is 12.1 Å². The molecular weight excluding hydrogens is 524 g/mol. The Morgan fingerprint density at radius 1 is 1.00 bits per heavy atom. The zero-order chi connectivity index (χ0) is 29.4. The number of likely N-dealkylation sites (N-methyl/N-ethyl adjacent to an activating group) is 1. The molecule has 4 aromatic rings. The zero-order valence-electron chi connectivity index (χ0n) is 24.3. The molecule has 0 spiro atoms. The largest absolute Gasteiger partial charge is 0.353 e. The summed E-state index contributed by atoms with van der Waals surface area (Å²) in [4.78, 5) is 21.9. The number of benzene rings is 2. The van der Waals surface area contributed by atoms with E-state index in [1.165, 1.54) is 0 Å². The lowest BCUT2D eigenvalue weighted by Gasteiger charge is -2.33. The van der Waals surface area contributed by atoms with Crippen LogP contribution in [0.1, 0.15) is 32.7 Å². The third-order valence-corrected chi connectivity index (χ3v) is 7.20. The molecule has 0 aliphatic carbocycles. The van der Waals surface area contributed by atoms with Crippen molar-refractivity contribution in [2.24, 2.45) is 7.05 Å². The van der Waals surface area contributed by atoms with Gasteiger partial charge < -0.3 is 25.0 Å². The summed E-state index contributed by atoms with van der Waals surface area (Å²) in [6.07, 6.45) is 15.6. The summed E-state index contributed by atoms with van der Waals surface area (Å²) in [6, 6.07) is 11.6. The summed E-state index contributed by atoms with van der Waals surface area (Å²) in [5, 5.41) is 10.8. The summed E-state index contributed by atoms with van der Waals surface area (Å²) < 4.78 is 3.71. The number of hydrogen-bond donors (Lipinski definition) is 2. The molecule has 6 rings (SSSR count). The highest BCUT2D eigenvalue weighted by Gasteiger charge is 2.32. The number of nitrogens with one attached hydrogen (secondary N) is 2. The van der Waals surface area contributed by atoms with Crippen LogP contribution in [0.15, 0.2) is 97.3 Å². The summed E-state index contributed by atoms with van der Waals surface area (Å²) in [5.41, 5.74) is 8.81. The molecule has 0 fully saturated rings. The highest BCUT2D eigenvalue weighted by molar-refractivity contribution is 6.04. The highest BCUT2D eigenvalue weighted by atomic mass is 16.1. The van der Waals surface area contributed by atoms with Crippen LogP contribution in [-0.4, -0.2) is 48.3 Å². The van der Waals surface area contributed by atoms with E-state index in [2.05, 4.69) is 54.5 Å². The van der Waals surface area contributed by atoms with E-state index in [1.54, 1.807) is 17.2 Å². The number of imidazole rings is 1. The van der Waals surface area contributed by atoms with E-state index in [0.717, 1.165) is 50.8 Å². The maximum atomic E-state index is 13.3. The van der Waals surface area contributed by atoms with Crippen LogP contribution >= 0.6 is 0 Å². The average Bonchev–Trinajstić information content (AvgIpc) is 3.66. The van der Waals surface area contributed by atoms with E-state index in [4.69, 9.17) is 0 Å². The third kappa shape index (κ3) is 5.43. The minimum Gasteiger partial charge on any atom is -0.353 e. The Balaban J connectivity index is 1.19. The molecule has 2 N–H and O–H groups in total. The topological polar surface area (TPSA) is 83.3 Å². The Kier molecular flexibility index (Phi) is 6.88. The van der Waals surface area contributed by atoms with Gasteiger partial charge in [0.1, 0.15) is 11.9 Å². The minimum absolute atomic E-state index is 0.0387. The van der Waals surface area contributed by atoms with E-state index < -0.39 is 0 Å². The molecule has 9 heteroatoms. The van der Waals surface area contributed by atoms with Crippen molar-refractivity contribution in [2.75, 3.05) is 17.7 Å². The lowest BCUT2D eigenvalue weighted by Crippen LogP contribution is -2.40. The number of carbonyl (C=O) groups is 1. The molecule has 0 bridgehead atoms. The molecule has 0 radical (unpaired) electrons. The van der Waals surface area contributed by atoms with E-state index in [0.29, 0.717) is 5.56 Å². The summed E-state index contributed by atoms with van der Waals surface area (Å²) in [6.45, 7) is 5.96. The van der Waals surface area contributed by atoms with Gasteiger partial charge in [-0.3, -0.25) is 9.48 Å². The molecule has 210 valence electrons. The van der Waals surface area contributed by atoms with Crippen LogP contribution in [0, 0.1) is 32.6 Å². The second-order valence-corrected chi connectivity index (χ2v) is 10.7. The number of anilines is 2. The number of amides is 1. The van der Waals surface area contributed by atoms with Gasteiger partial charge in [-0.05, 0) is 80.3 Å². The third-order valence-electron chi connectivity index (χ3n) is 7.20. The van der Waals surface area contributed by atoms with Crippen LogP contribution < -0.4 is 10.6 Å². The molecule has 2 aromatic carbocycles. The van der Waals surface area contributed by atoms with Crippen LogP contribution in [-0.2, 0) is 7.05 Å². The molecule has 4 heterocycles. The Bertz CT molecular complexity index is 1840. The second-order valence-electron chi connectivity index (χ2n) is 10.7. The number of aryl methyl sites for hydroxylation is 4. The Morgan fingerprint density at radius 3 is 2.62 bits per heavy atom. The highest BCUT2D eigenvalue weighted by Crippen LogP contribution is 2.30. The van der Waals surface area contributed by atoms with Gasteiger partial charge in [-0.1, -0.05) is 12.0 Å². The van der Waals surface area contributed by atoms with E-state index in [9.17, 15) is 4.79 Å². The number of carbonyl (C=O) groups excluding carboxylic acids is 1. The summed E-state index contributed by atoms with van der Waals surface area (Å²) in [5.74, 6) is 6.47. The molecule has 1 unspecified atom stereocenters. The number of hydrogen-bond acceptors (Lipinski definition) is 6. The molecule has 1 amide bonds. The number of allylic oxidation sites excluding steroid dienone is 3. The molecule has 2 aromatic heterocycles. The van der Waals surface area contributed by atoms with Gasteiger partial charge in [0.2, 0.25) is 0 Å². The smallest absolute Gasteiger partial charge is 0.255 e. The van der Waals surface area contributed by atoms with Crippen molar-refractivity contribution in [3.05, 3.63) is 125 Å². The van der Waals surface area contributed by atoms with Crippen LogP contribution in [0.5, 0.6) is 0 Å². The quantitative estimate of drug-likeness (QED) is 0.334. The summed E-state index contributed by atoms with van der Waals surface area (Å²) in [7, 11) is 3.93. The zero-order valence-corrected chi connectivity index (χ0v) is 24.3. The van der Waals surface area contributed by atoms with Gasteiger partial charge in [-0.15, -0.1) is 0 Å². The predicted molar refractivity (Wildman–Crippen MR) is 165 cm³/mol. The number of rotatable bonds is 5. The van der Waals surface area contributed by atoms with Gasteiger partial charge in [0.15, 0.2) is 0 Å². The Labute approximate surface area is 245 Å². The first-order valence-corrected chi connectivity index (χ1v) is 13.7. The normalized spacial score (nSPS) is 15.5. The lowest BCUT2D eigenvalue weighted by atomic mass is 10.0. The van der Waals surface area contributed by atoms with Crippen molar-refractivity contribution in [2.45, 2.75) is 26.9 Å². The van der Waals surface area contributed by atoms with Crippen molar-refractivity contribution in [1.82, 2.24) is 29.1 Å². The molecule has 0 saturated carbocycles. The first kappa shape index (κ1) is 26.7. The second kappa shape index (κ2) is 10.8. The Morgan fingerprint density at radius 2 is 1.86 bits per heavy atom. The van der Waals surface area contributed by atoms with E-state index >= 15 is 0 Å². The van der Waals surface area contributed by atoms with Crippen molar-refractivity contribution in [3.63, 3.8) is 0 Å². The maximum Gasteiger partial charge on any atom is 0.255 e. The van der Waals surface area contributed by atoms with Gasteiger partial charge in [-0.2, -0.15) is 5.10 Å². The van der Waals surface area contributed by atoms with Crippen molar-refractivity contribution < 1.29 is 4.79 Å². The van der Waals surface area contributed by atoms with Crippen molar-refractivity contribution in [1.29, 1.82) is 0 Å². The van der Waals surface area contributed by atoms with Crippen molar-refractivity contribution >= 4 is 17.3 Å². The van der Waals surface area contributed by atoms with Gasteiger partial charge in [0.05, 0.1) is 29.6 Å². The first-order chi connectivity index (χ1) is 20.2. The standard InChI is InChI=1S/C33H32N8O/c1-22-13-27(16-30(14-22)40-18-24(3)34-21-40)37-32(42)26-9-8-23(2)25(15-26)10-11-29-20-38(4)33-31(7-6-12-41(29)33)36-28-17-35-39(5)19-28/h6-9,12-21,33,36H,1-5H3,(H,37,42). The molecule has 2 aliphatic heterocycles. The first-order valence-electron chi connectivity index (χ1n) is 13.7. The fourth-order valence-corrected chi connectivity index (χ4v) is 5.15. The molecule has 9 nitrogen and oxygen atoms in total. The van der Waals surface area contributed by atoms with Crippen LogP contribution in [0.2, 0.25) is 0 Å². The minimum atomic E-state index is -0.188. The predicted octanol–water partition coefficient (Wildman–Crippen LogP) is 5.07. The molecule has 2 aliphatic rings. The van der Waals surface area contributed by atoms with Crippen LogP contribution in [0.3, 0.4) is 0 Å². The van der Waals surface area contributed by atoms with Gasteiger partial charge in [0.25, 0.3) is 5.91 Å².